The molecule has 1 fully saturated rings. The van der Waals surface area contributed by atoms with E-state index in [9.17, 15) is 13.2 Å². The fourth-order valence-corrected chi connectivity index (χ4v) is 5.22. The molecule has 7 nitrogen and oxygen atoms in total. The number of nitrogens with zero attached hydrogens (tertiary/aromatic N) is 4. The van der Waals surface area contributed by atoms with Crippen LogP contribution in [0.15, 0.2) is 35.5 Å². The second-order valence-electron chi connectivity index (χ2n) is 5.65. The Bertz CT molecular complexity index is 885. The molecule has 1 amide bonds. The number of aromatic nitrogens is 2. The summed E-state index contributed by atoms with van der Waals surface area (Å²) in [5, 5.41) is 4.15. The zero-order valence-corrected chi connectivity index (χ0v) is 15.7. The topological polar surface area (TPSA) is 75.5 Å². The number of piperazine rings is 1. The van der Waals surface area contributed by atoms with Gasteiger partial charge >= 0.3 is 0 Å². The first-order valence-corrected chi connectivity index (χ1v) is 9.72. The van der Waals surface area contributed by atoms with E-state index in [1.54, 1.807) is 28.9 Å². The predicted octanol–water partition coefficient (Wildman–Crippen LogP) is 1.87. The van der Waals surface area contributed by atoms with E-state index in [2.05, 4.69) is 5.10 Å². The summed E-state index contributed by atoms with van der Waals surface area (Å²) in [6.07, 6.45) is 3.13. The Morgan fingerprint density at radius 2 is 1.72 bits per heavy atom. The van der Waals surface area contributed by atoms with Crippen molar-refractivity contribution in [3.05, 3.63) is 46.2 Å². The molecule has 3 rings (SSSR count). The van der Waals surface area contributed by atoms with E-state index in [4.69, 9.17) is 23.2 Å². The number of hydrogen-bond acceptors (Lipinski definition) is 4. The molecule has 0 aliphatic carbocycles. The van der Waals surface area contributed by atoms with Crippen molar-refractivity contribution < 1.29 is 13.2 Å². The number of benzene rings is 1. The van der Waals surface area contributed by atoms with E-state index < -0.39 is 10.0 Å². The lowest BCUT2D eigenvalue weighted by Crippen LogP contribution is -2.50. The molecule has 1 aliphatic rings. The monoisotopic (exact) mass is 402 g/mol. The SMILES string of the molecule is Cn1cc(C(=O)N2CCN(S(=O)(=O)c3c(Cl)cccc3Cl)CC2)cn1. The van der Waals surface area contributed by atoms with E-state index >= 15 is 0 Å². The molecule has 1 aliphatic heterocycles. The molecular weight excluding hydrogens is 387 g/mol. The van der Waals surface area contributed by atoms with Gasteiger partial charge < -0.3 is 4.90 Å². The van der Waals surface area contributed by atoms with E-state index in [1.165, 1.54) is 22.6 Å². The summed E-state index contributed by atoms with van der Waals surface area (Å²) in [6.45, 7) is 0.926. The summed E-state index contributed by atoms with van der Waals surface area (Å²) in [5.41, 5.74) is 0.480. The van der Waals surface area contributed by atoms with Crippen LogP contribution >= 0.6 is 23.2 Å². The highest BCUT2D eigenvalue weighted by molar-refractivity contribution is 7.89. The minimum absolute atomic E-state index is 0.0846. The van der Waals surface area contributed by atoms with Gasteiger partial charge in [-0.2, -0.15) is 9.40 Å². The average Bonchev–Trinajstić information content (AvgIpc) is 3.00. The van der Waals surface area contributed by atoms with Crippen molar-refractivity contribution in [1.29, 1.82) is 0 Å². The summed E-state index contributed by atoms with van der Waals surface area (Å²) in [7, 11) is -2.09. The standard InChI is InChI=1S/C15H16Cl2N4O3S/c1-19-10-11(9-18-19)15(22)20-5-7-21(8-6-20)25(23,24)14-12(16)3-2-4-13(14)17/h2-4,9-10H,5-8H2,1H3. The summed E-state index contributed by atoms with van der Waals surface area (Å²) < 4.78 is 28.5. The van der Waals surface area contributed by atoms with Crippen molar-refractivity contribution in [3.8, 4) is 0 Å². The number of carbonyl (C=O) groups is 1. The Balaban J connectivity index is 1.75. The van der Waals surface area contributed by atoms with Crippen molar-refractivity contribution in [2.75, 3.05) is 26.2 Å². The summed E-state index contributed by atoms with van der Waals surface area (Å²) in [6, 6.07) is 4.57. The van der Waals surface area contributed by atoms with Gasteiger partial charge in [0.05, 0.1) is 21.8 Å². The van der Waals surface area contributed by atoms with Gasteiger partial charge in [-0.1, -0.05) is 29.3 Å². The highest BCUT2D eigenvalue weighted by atomic mass is 35.5. The molecule has 0 atom stereocenters. The van der Waals surface area contributed by atoms with Crippen molar-refractivity contribution in [3.63, 3.8) is 0 Å². The third kappa shape index (κ3) is 3.52. The minimum atomic E-state index is -3.82. The molecule has 0 spiro atoms. The maximum Gasteiger partial charge on any atom is 0.257 e. The van der Waals surface area contributed by atoms with Gasteiger partial charge in [-0.15, -0.1) is 0 Å². The van der Waals surface area contributed by atoms with Gasteiger partial charge in [0.2, 0.25) is 10.0 Å². The maximum atomic E-state index is 12.8. The van der Waals surface area contributed by atoms with Crippen LogP contribution in [0, 0.1) is 0 Å². The highest BCUT2D eigenvalue weighted by Crippen LogP contribution is 2.31. The molecule has 10 heteroatoms. The minimum Gasteiger partial charge on any atom is -0.336 e. The van der Waals surface area contributed by atoms with Crippen LogP contribution in [-0.2, 0) is 17.1 Å². The summed E-state index contributed by atoms with van der Waals surface area (Å²) >= 11 is 12.1. The molecule has 134 valence electrons. The van der Waals surface area contributed by atoms with E-state index in [-0.39, 0.29) is 47.0 Å². The fourth-order valence-electron chi connectivity index (χ4n) is 2.70. The Morgan fingerprint density at radius 1 is 1.12 bits per heavy atom. The Hall–Kier alpha value is -1.61. The highest BCUT2D eigenvalue weighted by Gasteiger charge is 2.33. The molecule has 1 aromatic carbocycles. The second-order valence-corrected chi connectivity index (χ2v) is 8.34. The van der Waals surface area contributed by atoms with Crippen LogP contribution < -0.4 is 0 Å². The van der Waals surface area contributed by atoms with Crippen molar-refractivity contribution in [1.82, 2.24) is 19.0 Å². The van der Waals surface area contributed by atoms with Crippen LogP contribution in [0.3, 0.4) is 0 Å². The lowest BCUT2D eigenvalue weighted by atomic mass is 10.2. The first-order chi connectivity index (χ1) is 11.8. The maximum absolute atomic E-state index is 12.8. The van der Waals surface area contributed by atoms with Crippen LogP contribution in [0.1, 0.15) is 10.4 Å². The summed E-state index contributed by atoms with van der Waals surface area (Å²) in [4.78, 5) is 13.9. The van der Waals surface area contributed by atoms with Crippen LogP contribution in [0.5, 0.6) is 0 Å². The molecule has 0 unspecified atom stereocenters. The van der Waals surface area contributed by atoms with Gasteiger partial charge in [-0.25, -0.2) is 8.42 Å². The van der Waals surface area contributed by atoms with Crippen LogP contribution in [0.4, 0.5) is 0 Å². The lowest BCUT2D eigenvalue weighted by Gasteiger charge is -2.34. The van der Waals surface area contributed by atoms with Crippen LogP contribution in [-0.4, -0.2) is 59.5 Å². The first-order valence-electron chi connectivity index (χ1n) is 7.53. The van der Waals surface area contributed by atoms with Gasteiger partial charge in [-0.05, 0) is 12.1 Å². The number of sulfonamides is 1. The Labute approximate surface area is 155 Å². The van der Waals surface area contributed by atoms with Gasteiger partial charge in [0.15, 0.2) is 0 Å². The zero-order chi connectivity index (χ0) is 18.2. The molecule has 0 saturated carbocycles. The molecule has 0 radical (unpaired) electrons. The van der Waals surface area contributed by atoms with Gasteiger partial charge in [0.1, 0.15) is 4.90 Å². The Morgan fingerprint density at radius 3 is 2.24 bits per heavy atom. The van der Waals surface area contributed by atoms with E-state index in [0.717, 1.165) is 0 Å². The number of amides is 1. The smallest absolute Gasteiger partial charge is 0.257 e. The van der Waals surface area contributed by atoms with Gasteiger partial charge in [-0.3, -0.25) is 9.48 Å². The number of rotatable bonds is 3. The number of aryl methyl sites for hydroxylation is 1. The first kappa shape index (κ1) is 18.2. The number of hydrogen-bond donors (Lipinski definition) is 0. The third-order valence-corrected chi connectivity index (χ3v) is 6.85. The average molecular weight is 403 g/mol. The van der Waals surface area contributed by atoms with Gasteiger partial charge in [0.25, 0.3) is 5.91 Å². The number of carbonyl (C=O) groups excluding carboxylic acids is 1. The fraction of sp³-hybridized carbons (Fsp3) is 0.333. The molecule has 1 saturated heterocycles. The quantitative estimate of drug-likeness (QED) is 0.784. The normalized spacial score (nSPS) is 16.2. The van der Waals surface area contributed by atoms with E-state index in [0.29, 0.717) is 5.56 Å². The molecule has 0 bridgehead atoms. The molecule has 25 heavy (non-hydrogen) atoms. The predicted molar refractivity (Wildman–Crippen MR) is 94.3 cm³/mol. The van der Waals surface area contributed by atoms with E-state index in [1.807, 2.05) is 0 Å². The molecular formula is C15H16Cl2N4O3S. The number of halogens is 2. The second kappa shape index (κ2) is 6.95. The Kier molecular flexibility index (Phi) is 5.06. The largest absolute Gasteiger partial charge is 0.336 e. The van der Waals surface area contributed by atoms with Crippen molar-refractivity contribution >= 4 is 39.1 Å². The van der Waals surface area contributed by atoms with Crippen molar-refractivity contribution in [2.45, 2.75) is 4.90 Å². The summed E-state index contributed by atoms with van der Waals surface area (Å²) in [5.74, 6) is -0.166. The molecule has 2 heterocycles. The zero-order valence-electron chi connectivity index (χ0n) is 13.4. The van der Waals surface area contributed by atoms with Crippen LogP contribution in [0.25, 0.3) is 0 Å². The molecule has 1 aromatic heterocycles. The van der Waals surface area contributed by atoms with Gasteiger partial charge in [0, 0.05) is 39.4 Å². The molecule has 2 aromatic rings. The lowest BCUT2D eigenvalue weighted by molar-refractivity contribution is 0.0698. The third-order valence-electron chi connectivity index (χ3n) is 3.99. The molecule has 0 N–H and O–H groups in total. The van der Waals surface area contributed by atoms with Crippen molar-refractivity contribution in [2.24, 2.45) is 7.05 Å². The van der Waals surface area contributed by atoms with Crippen LogP contribution in [0.2, 0.25) is 10.0 Å².